The fourth-order valence-electron chi connectivity index (χ4n) is 3.90. The van der Waals surface area contributed by atoms with Gasteiger partial charge in [-0.2, -0.15) is 0 Å². The van der Waals surface area contributed by atoms with E-state index in [1.165, 1.54) is 12.0 Å². The van der Waals surface area contributed by atoms with Gasteiger partial charge in [-0.3, -0.25) is 4.79 Å². The van der Waals surface area contributed by atoms with E-state index in [1.807, 2.05) is 12.4 Å². The molecule has 3 rings (SSSR count). The molecule has 1 fully saturated rings. The standard InChI is InChI=1S/C21H30N4O/c1-4-17-8-5-7-16(2)20(17)23-19(26)10-13-25-12-6-9-18(15-25)21-22-11-14-24(21)3/h5,7-8,11,14,18H,4,6,9-10,12-13,15H2,1-3H3,(H,23,26)/t18-/m1/s1. The van der Waals surface area contributed by atoms with Crippen LogP contribution in [0.15, 0.2) is 30.6 Å². The largest absolute Gasteiger partial charge is 0.338 e. The molecule has 5 nitrogen and oxygen atoms in total. The van der Waals surface area contributed by atoms with Crippen LogP contribution in [0.5, 0.6) is 0 Å². The summed E-state index contributed by atoms with van der Waals surface area (Å²) in [6.07, 6.45) is 7.68. The average Bonchev–Trinajstić information content (AvgIpc) is 3.08. The van der Waals surface area contributed by atoms with Gasteiger partial charge < -0.3 is 14.8 Å². The fourth-order valence-corrected chi connectivity index (χ4v) is 3.90. The summed E-state index contributed by atoms with van der Waals surface area (Å²) in [5.41, 5.74) is 3.32. The fraction of sp³-hybridized carbons (Fsp3) is 0.524. The minimum absolute atomic E-state index is 0.105. The lowest BCUT2D eigenvalue weighted by Gasteiger charge is -2.32. The second-order valence-electron chi connectivity index (χ2n) is 7.30. The van der Waals surface area contributed by atoms with Crippen LogP contribution in [-0.2, 0) is 18.3 Å². The zero-order valence-electron chi connectivity index (χ0n) is 16.2. The van der Waals surface area contributed by atoms with E-state index < -0.39 is 0 Å². The summed E-state index contributed by atoms with van der Waals surface area (Å²) in [6, 6.07) is 6.19. The second kappa shape index (κ2) is 8.49. The van der Waals surface area contributed by atoms with Gasteiger partial charge in [-0.25, -0.2) is 4.98 Å². The molecule has 2 aromatic rings. The Morgan fingerprint density at radius 3 is 2.96 bits per heavy atom. The van der Waals surface area contributed by atoms with Crippen LogP contribution in [0.4, 0.5) is 5.69 Å². The van der Waals surface area contributed by atoms with E-state index >= 15 is 0 Å². The number of rotatable bonds is 6. The molecule has 26 heavy (non-hydrogen) atoms. The van der Waals surface area contributed by atoms with Gasteiger partial charge in [-0.05, 0) is 43.9 Å². The molecule has 140 valence electrons. The lowest BCUT2D eigenvalue weighted by molar-refractivity contribution is -0.116. The van der Waals surface area contributed by atoms with Gasteiger partial charge in [-0.1, -0.05) is 25.1 Å². The van der Waals surface area contributed by atoms with Crippen molar-refractivity contribution in [3.63, 3.8) is 0 Å². The molecule has 1 amide bonds. The van der Waals surface area contributed by atoms with Crippen molar-refractivity contribution in [2.24, 2.45) is 7.05 Å². The van der Waals surface area contributed by atoms with Crippen molar-refractivity contribution in [2.45, 2.75) is 45.4 Å². The molecule has 0 radical (unpaired) electrons. The van der Waals surface area contributed by atoms with Crippen molar-refractivity contribution in [1.29, 1.82) is 0 Å². The number of carbonyl (C=O) groups excluding carboxylic acids is 1. The first kappa shape index (κ1) is 18.6. The molecule has 0 aliphatic carbocycles. The van der Waals surface area contributed by atoms with Gasteiger partial charge in [-0.15, -0.1) is 0 Å². The van der Waals surface area contributed by atoms with Crippen molar-refractivity contribution in [3.05, 3.63) is 47.5 Å². The van der Waals surface area contributed by atoms with Gasteiger partial charge in [0.15, 0.2) is 0 Å². The zero-order chi connectivity index (χ0) is 18.5. The van der Waals surface area contributed by atoms with E-state index in [1.54, 1.807) is 0 Å². The SMILES string of the molecule is CCc1cccc(C)c1NC(=O)CCN1CCC[C@@H](c2nccn2C)C1. The number of nitrogens with one attached hydrogen (secondary N) is 1. The number of hydrogen-bond acceptors (Lipinski definition) is 3. The summed E-state index contributed by atoms with van der Waals surface area (Å²) in [5, 5.41) is 3.14. The number of aryl methyl sites for hydroxylation is 3. The highest BCUT2D eigenvalue weighted by Gasteiger charge is 2.24. The number of piperidine rings is 1. The molecule has 1 atom stereocenters. The first-order valence-electron chi connectivity index (χ1n) is 9.66. The third-order valence-corrected chi connectivity index (χ3v) is 5.39. The Bertz CT molecular complexity index is 752. The first-order valence-corrected chi connectivity index (χ1v) is 9.66. The summed E-state index contributed by atoms with van der Waals surface area (Å²) >= 11 is 0. The Morgan fingerprint density at radius 1 is 1.38 bits per heavy atom. The maximum atomic E-state index is 12.5. The van der Waals surface area contributed by atoms with Crippen LogP contribution in [-0.4, -0.2) is 40.0 Å². The number of carbonyl (C=O) groups is 1. The maximum Gasteiger partial charge on any atom is 0.225 e. The molecule has 1 saturated heterocycles. The highest BCUT2D eigenvalue weighted by Crippen LogP contribution is 2.26. The zero-order valence-corrected chi connectivity index (χ0v) is 16.2. The number of amides is 1. The Labute approximate surface area is 156 Å². The van der Waals surface area contributed by atoms with Crippen molar-refractivity contribution in [1.82, 2.24) is 14.5 Å². The van der Waals surface area contributed by atoms with E-state index in [0.29, 0.717) is 12.3 Å². The topological polar surface area (TPSA) is 50.2 Å². The summed E-state index contributed by atoms with van der Waals surface area (Å²) < 4.78 is 2.12. The van der Waals surface area contributed by atoms with Gasteiger partial charge in [0, 0.05) is 50.6 Å². The molecule has 1 aliphatic rings. The summed E-state index contributed by atoms with van der Waals surface area (Å²) in [6.45, 7) is 7.04. The summed E-state index contributed by atoms with van der Waals surface area (Å²) in [5.74, 6) is 1.73. The Kier molecular flexibility index (Phi) is 6.09. The summed E-state index contributed by atoms with van der Waals surface area (Å²) in [7, 11) is 2.06. The molecule has 0 bridgehead atoms. The predicted molar refractivity (Wildman–Crippen MR) is 105 cm³/mol. The molecular formula is C21H30N4O. The number of aromatic nitrogens is 2. The minimum atomic E-state index is 0.105. The highest BCUT2D eigenvalue weighted by atomic mass is 16.1. The highest BCUT2D eigenvalue weighted by molar-refractivity contribution is 5.92. The van der Waals surface area contributed by atoms with E-state index in [-0.39, 0.29) is 5.91 Å². The molecule has 0 saturated carbocycles. The Hall–Kier alpha value is -2.14. The van der Waals surface area contributed by atoms with Gasteiger partial charge in [0.1, 0.15) is 5.82 Å². The quantitative estimate of drug-likeness (QED) is 0.864. The lowest BCUT2D eigenvalue weighted by atomic mass is 9.97. The molecule has 1 aromatic heterocycles. The van der Waals surface area contributed by atoms with Crippen molar-refractivity contribution in [2.75, 3.05) is 25.0 Å². The van der Waals surface area contributed by atoms with Gasteiger partial charge in [0.25, 0.3) is 0 Å². The normalized spacial score (nSPS) is 18.0. The van der Waals surface area contributed by atoms with Crippen LogP contribution in [0.1, 0.15) is 49.1 Å². The van der Waals surface area contributed by atoms with E-state index in [2.05, 4.69) is 58.9 Å². The van der Waals surface area contributed by atoms with Crippen molar-refractivity contribution < 1.29 is 4.79 Å². The number of nitrogens with zero attached hydrogens (tertiary/aromatic N) is 3. The molecule has 0 unspecified atom stereocenters. The molecule has 1 aromatic carbocycles. The number of likely N-dealkylation sites (tertiary alicyclic amines) is 1. The number of para-hydroxylation sites is 1. The molecule has 2 heterocycles. The van der Waals surface area contributed by atoms with Gasteiger partial charge >= 0.3 is 0 Å². The molecular weight excluding hydrogens is 324 g/mol. The van der Waals surface area contributed by atoms with E-state index in [4.69, 9.17) is 0 Å². The van der Waals surface area contributed by atoms with Crippen LogP contribution < -0.4 is 5.32 Å². The lowest BCUT2D eigenvalue weighted by Crippen LogP contribution is -2.37. The maximum absolute atomic E-state index is 12.5. The number of hydrogen-bond donors (Lipinski definition) is 1. The monoisotopic (exact) mass is 354 g/mol. The van der Waals surface area contributed by atoms with Crippen molar-refractivity contribution in [3.8, 4) is 0 Å². The Morgan fingerprint density at radius 2 is 2.23 bits per heavy atom. The van der Waals surface area contributed by atoms with E-state index in [9.17, 15) is 4.79 Å². The van der Waals surface area contributed by atoms with E-state index in [0.717, 1.165) is 49.6 Å². The first-order chi connectivity index (χ1) is 12.6. The van der Waals surface area contributed by atoms with Crippen LogP contribution in [0.2, 0.25) is 0 Å². The van der Waals surface area contributed by atoms with Crippen LogP contribution in [0, 0.1) is 6.92 Å². The predicted octanol–water partition coefficient (Wildman–Crippen LogP) is 3.50. The number of imidazole rings is 1. The third kappa shape index (κ3) is 4.33. The average molecular weight is 354 g/mol. The van der Waals surface area contributed by atoms with Crippen molar-refractivity contribution >= 4 is 11.6 Å². The minimum Gasteiger partial charge on any atom is -0.338 e. The van der Waals surface area contributed by atoms with Crippen LogP contribution in [0.25, 0.3) is 0 Å². The van der Waals surface area contributed by atoms with Gasteiger partial charge in [0.05, 0.1) is 0 Å². The van der Waals surface area contributed by atoms with Crippen LogP contribution in [0.3, 0.4) is 0 Å². The second-order valence-corrected chi connectivity index (χ2v) is 7.30. The Balaban J connectivity index is 1.54. The van der Waals surface area contributed by atoms with Gasteiger partial charge in [0.2, 0.25) is 5.91 Å². The number of benzene rings is 1. The van der Waals surface area contributed by atoms with Crippen LogP contribution >= 0.6 is 0 Å². The molecule has 1 aliphatic heterocycles. The summed E-state index contributed by atoms with van der Waals surface area (Å²) in [4.78, 5) is 19.4. The molecule has 1 N–H and O–H groups in total. The number of anilines is 1. The third-order valence-electron chi connectivity index (χ3n) is 5.39. The molecule has 5 heteroatoms. The molecule has 0 spiro atoms. The smallest absolute Gasteiger partial charge is 0.225 e.